The van der Waals surface area contributed by atoms with Crippen molar-refractivity contribution in [2.75, 3.05) is 0 Å². The fourth-order valence-electron chi connectivity index (χ4n) is 1.60. The fraction of sp³-hybridized carbons (Fsp3) is 0.0714. The maximum Gasteiger partial charge on any atom is 0.170 e. The molecule has 4 heteroatoms. The summed E-state index contributed by atoms with van der Waals surface area (Å²) < 4.78 is 15.0. The van der Waals surface area contributed by atoms with E-state index in [1.54, 1.807) is 12.1 Å². The van der Waals surface area contributed by atoms with Gasteiger partial charge in [0, 0.05) is 10.9 Å². The number of halogens is 3. The molecule has 18 heavy (non-hydrogen) atoms. The van der Waals surface area contributed by atoms with Crippen LogP contribution < -0.4 is 0 Å². The third-order valence-electron chi connectivity index (χ3n) is 2.53. The van der Waals surface area contributed by atoms with Crippen LogP contribution in [0.1, 0.15) is 15.9 Å². The van der Waals surface area contributed by atoms with Crippen molar-refractivity contribution in [1.29, 1.82) is 0 Å². The molecule has 0 aliphatic rings. The molecule has 0 amide bonds. The van der Waals surface area contributed by atoms with Gasteiger partial charge in [0.1, 0.15) is 5.82 Å². The summed E-state index contributed by atoms with van der Waals surface area (Å²) in [5.74, 6) is -0.726. The van der Waals surface area contributed by atoms with Gasteiger partial charge in [0.2, 0.25) is 0 Å². The number of carbonyl (C=O) groups excluding carboxylic acids is 1. The molecule has 0 bridgehead atoms. The van der Waals surface area contributed by atoms with E-state index in [2.05, 4.69) is 31.9 Å². The predicted molar refractivity (Wildman–Crippen MR) is 76.3 cm³/mol. The first kappa shape index (κ1) is 13.4. The maximum atomic E-state index is 13.7. The maximum absolute atomic E-state index is 13.7. The molecule has 0 saturated heterocycles. The van der Waals surface area contributed by atoms with Crippen molar-refractivity contribution >= 4 is 37.6 Å². The minimum Gasteiger partial charge on any atom is -0.294 e. The number of benzene rings is 2. The lowest BCUT2D eigenvalue weighted by Crippen LogP contribution is -2.06. The van der Waals surface area contributed by atoms with Gasteiger partial charge >= 0.3 is 0 Å². The van der Waals surface area contributed by atoms with Gasteiger partial charge in [-0.15, -0.1) is 0 Å². The van der Waals surface area contributed by atoms with Gasteiger partial charge in [-0.3, -0.25) is 4.79 Å². The number of rotatable bonds is 3. The van der Waals surface area contributed by atoms with Crippen LogP contribution in [0.5, 0.6) is 0 Å². The molecule has 0 atom stereocenters. The minimum absolute atomic E-state index is 0.118. The standard InChI is InChI=1S/C14H9Br2FO/c15-10-6-4-9(5-7-10)8-13(18)11-2-1-3-12(16)14(11)17/h1-7H,8H2. The molecule has 0 spiro atoms. The van der Waals surface area contributed by atoms with Gasteiger partial charge < -0.3 is 0 Å². The van der Waals surface area contributed by atoms with Crippen molar-refractivity contribution in [2.24, 2.45) is 0 Å². The van der Waals surface area contributed by atoms with E-state index >= 15 is 0 Å². The van der Waals surface area contributed by atoms with E-state index in [0.29, 0.717) is 4.47 Å². The van der Waals surface area contributed by atoms with Crippen LogP contribution in [0.4, 0.5) is 4.39 Å². The van der Waals surface area contributed by atoms with Crippen molar-refractivity contribution < 1.29 is 9.18 Å². The zero-order chi connectivity index (χ0) is 13.1. The summed E-state index contributed by atoms with van der Waals surface area (Å²) in [7, 11) is 0. The molecule has 0 fully saturated rings. The quantitative estimate of drug-likeness (QED) is 0.710. The van der Waals surface area contributed by atoms with Gasteiger partial charge in [-0.2, -0.15) is 0 Å². The van der Waals surface area contributed by atoms with Crippen molar-refractivity contribution in [2.45, 2.75) is 6.42 Å². The molecular formula is C14H9Br2FO. The molecule has 0 saturated carbocycles. The second kappa shape index (κ2) is 5.76. The summed E-state index contributed by atoms with van der Waals surface area (Å²) in [6.45, 7) is 0. The lowest BCUT2D eigenvalue weighted by Gasteiger charge is -2.04. The Morgan fingerprint density at radius 3 is 2.39 bits per heavy atom. The predicted octanol–water partition coefficient (Wildman–Crippen LogP) is 4.78. The van der Waals surface area contributed by atoms with Crippen LogP contribution >= 0.6 is 31.9 Å². The van der Waals surface area contributed by atoms with Gasteiger partial charge in [0.25, 0.3) is 0 Å². The average molecular weight is 372 g/mol. The van der Waals surface area contributed by atoms with E-state index in [9.17, 15) is 9.18 Å². The smallest absolute Gasteiger partial charge is 0.170 e. The summed E-state index contributed by atoms with van der Waals surface area (Å²) in [5.41, 5.74) is 0.981. The Kier molecular flexibility index (Phi) is 4.30. The summed E-state index contributed by atoms with van der Waals surface area (Å²) in [6.07, 6.45) is 0.195. The van der Waals surface area contributed by atoms with Crippen LogP contribution in [-0.4, -0.2) is 5.78 Å². The monoisotopic (exact) mass is 370 g/mol. The van der Waals surface area contributed by atoms with Crippen molar-refractivity contribution in [3.63, 3.8) is 0 Å². The van der Waals surface area contributed by atoms with Crippen LogP contribution in [0, 0.1) is 5.82 Å². The molecule has 1 nitrogen and oxygen atoms in total. The average Bonchev–Trinajstić information content (AvgIpc) is 2.35. The zero-order valence-electron chi connectivity index (χ0n) is 9.29. The minimum atomic E-state index is -0.500. The van der Waals surface area contributed by atoms with E-state index in [-0.39, 0.29) is 17.8 Å². The fourth-order valence-corrected chi connectivity index (χ4v) is 2.23. The van der Waals surface area contributed by atoms with Crippen LogP contribution in [0.25, 0.3) is 0 Å². The molecule has 0 unspecified atom stereocenters. The Morgan fingerprint density at radius 1 is 1.06 bits per heavy atom. The van der Waals surface area contributed by atoms with Crippen LogP contribution in [0.3, 0.4) is 0 Å². The SMILES string of the molecule is O=C(Cc1ccc(Br)cc1)c1cccc(Br)c1F. The molecule has 92 valence electrons. The highest BCUT2D eigenvalue weighted by atomic mass is 79.9. The first-order valence-corrected chi connectivity index (χ1v) is 6.88. The van der Waals surface area contributed by atoms with E-state index in [1.165, 1.54) is 6.07 Å². The molecule has 0 heterocycles. The number of carbonyl (C=O) groups is 1. The molecule has 0 N–H and O–H groups in total. The second-order valence-electron chi connectivity index (χ2n) is 3.83. The molecule has 2 aromatic rings. The van der Waals surface area contributed by atoms with E-state index in [4.69, 9.17) is 0 Å². The molecular weight excluding hydrogens is 363 g/mol. The van der Waals surface area contributed by atoms with Gasteiger partial charge in [0.15, 0.2) is 5.78 Å². The third-order valence-corrected chi connectivity index (χ3v) is 3.67. The number of hydrogen-bond donors (Lipinski definition) is 0. The lowest BCUT2D eigenvalue weighted by molar-refractivity contribution is 0.0989. The molecule has 0 aromatic heterocycles. The third kappa shape index (κ3) is 3.06. The van der Waals surface area contributed by atoms with E-state index < -0.39 is 5.82 Å². The second-order valence-corrected chi connectivity index (χ2v) is 5.60. The Morgan fingerprint density at radius 2 is 1.72 bits per heavy atom. The highest BCUT2D eigenvalue weighted by molar-refractivity contribution is 9.10. The Hall–Kier alpha value is -1.000. The van der Waals surface area contributed by atoms with Crippen molar-refractivity contribution in [1.82, 2.24) is 0 Å². The van der Waals surface area contributed by atoms with E-state index in [1.807, 2.05) is 24.3 Å². The Balaban J connectivity index is 2.22. The van der Waals surface area contributed by atoms with Gasteiger partial charge in [-0.1, -0.05) is 34.1 Å². The largest absolute Gasteiger partial charge is 0.294 e. The normalized spacial score (nSPS) is 10.4. The lowest BCUT2D eigenvalue weighted by atomic mass is 10.0. The first-order chi connectivity index (χ1) is 8.58. The summed E-state index contributed by atoms with van der Waals surface area (Å²) in [5, 5.41) is 0. The number of Topliss-reactive ketones (excluding diaryl/α,β-unsaturated/α-hetero) is 1. The Labute approximate surface area is 121 Å². The van der Waals surface area contributed by atoms with Crippen LogP contribution in [0.2, 0.25) is 0 Å². The van der Waals surface area contributed by atoms with Gasteiger partial charge in [-0.05, 0) is 45.8 Å². The highest BCUT2D eigenvalue weighted by Crippen LogP contribution is 2.20. The van der Waals surface area contributed by atoms with Gasteiger partial charge in [-0.25, -0.2) is 4.39 Å². The van der Waals surface area contributed by atoms with Crippen LogP contribution in [-0.2, 0) is 6.42 Å². The van der Waals surface area contributed by atoms with Crippen LogP contribution in [0.15, 0.2) is 51.4 Å². The number of hydrogen-bond acceptors (Lipinski definition) is 1. The van der Waals surface area contributed by atoms with Crippen molar-refractivity contribution in [3.05, 3.63) is 68.4 Å². The molecule has 2 rings (SSSR count). The Bertz CT molecular complexity index is 579. The zero-order valence-corrected chi connectivity index (χ0v) is 12.5. The molecule has 0 aliphatic heterocycles. The first-order valence-electron chi connectivity index (χ1n) is 5.29. The summed E-state index contributed by atoms with van der Waals surface area (Å²) in [6, 6.07) is 12.1. The van der Waals surface area contributed by atoms with Crippen molar-refractivity contribution in [3.8, 4) is 0 Å². The summed E-state index contributed by atoms with van der Waals surface area (Å²) >= 11 is 6.40. The van der Waals surface area contributed by atoms with Gasteiger partial charge in [0.05, 0.1) is 10.0 Å². The molecule has 0 aliphatic carbocycles. The topological polar surface area (TPSA) is 17.1 Å². The number of ketones is 1. The van der Waals surface area contributed by atoms with E-state index in [0.717, 1.165) is 10.0 Å². The molecule has 2 aromatic carbocycles. The summed E-state index contributed by atoms with van der Waals surface area (Å²) in [4.78, 5) is 12.0. The highest BCUT2D eigenvalue weighted by Gasteiger charge is 2.14. The molecule has 0 radical (unpaired) electrons.